The Bertz CT molecular complexity index is 431. The number of nitrogens with one attached hydrogen (secondary N) is 1. The second-order valence-corrected chi connectivity index (χ2v) is 5.50. The highest BCUT2D eigenvalue weighted by Crippen LogP contribution is 2.27. The summed E-state index contributed by atoms with van der Waals surface area (Å²) < 4.78 is 5.05. The number of amidine groups is 1. The number of carbonyl (C=O) groups excluding carboxylic acids is 2. The van der Waals surface area contributed by atoms with Crippen molar-refractivity contribution in [2.45, 2.75) is 12.2 Å². The topological polar surface area (TPSA) is 94.5 Å². The molecule has 0 saturated carbocycles. The number of likely N-dealkylation sites (N-methyl/N-ethyl adjacent to an activating group) is 1. The van der Waals surface area contributed by atoms with E-state index in [0.717, 1.165) is 0 Å². The Kier molecular flexibility index (Phi) is 4.84. The standard InChI is InChI=1S/C11H18N4O4S/c1-14-8-7(9(17)13-10(14)18)15(3-5-19-2)11(12-8)20-6-4-16/h7-8,16H,3-6H2,1-2H3,(H,13,17,18). The molecule has 0 aromatic rings. The first-order chi connectivity index (χ1) is 9.60. The number of aliphatic hydroxyl groups is 1. The van der Waals surface area contributed by atoms with Crippen LogP contribution in [0.5, 0.6) is 0 Å². The van der Waals surface area contributed by atoms with E-state index in [2.05, 4.69) is 10.3 Å². The number of thioether (sulfide) groups is 1. The third-order valence-corrected chi connectivity index (χ3v) is 4.17. The summed E-state index contributed by atoms with van der Waals surface area (Å²) in [7, 11) is 3.19. The van der Waals surface area contributed by atoms with Gasteiger partial charge in [0, 0.05) is 26.5 Å². The quantitative estimate of drug-likeness (QED) is 0.670. The minimum absolute atomic E-state index is 0.0259. The lowest BCUT2D eigenvalue weighted by molar-refractivity contribution is -0.127. The molecule has 2 heterocycles. The van der Waals surface area contributed by atoms with Crippen LogP contribution in [0.2, 0.25) is 0 Å². The summed E-state index contributed by atoms with van der Waals surface area (Å²) in [5.74, 6) is 0.138. The molecule has 2 rings (SSSR count). The predicted octanol–water partition coefficient (Wildman–Crippen LogP) is -1.09. The fourth-order valence-electron chi connectivity index (χ4n) is 2.18. The van der Waals surface area contributed by atoms with Crippen LogP contribution in [-0.2, 0) is 9.53 Å². The van der Waals surface area contributed by atoms with Gasteiger partial charge in [-0.15, -0.1) is 0 Å². The van der Waals surface area contributed by atoms with Gasteiger partial charge >= 0.3 is 6.03 Å². The minimum Gasteiger partial charge on any atom is -0.396 e. The number of nitrogens with zero attached hydrogens (tertiary/aromatic N) is 3. The van der Waals surface area contributed by atoms with Gasteiger partial charge in [0.2, 0.25) is 0 Å². The van der Waals surface area contributed by atoms with E-state index >= 15 is 0 Å². The van der Waals surface area contributed by atoms with Crippen LogP contribution >= 0.6 is 11.8 Å². The maximum Gasteiger partial charge on any atom is 0.325 e. The molecule has 2 unspecified atom stereocenters. The first kappa shape index (κ1) is 15.1. The smallest absolute Gasteiger partial charge is 0.325 e. The molecule has 112 valence electrons. The van der Waals surface area contributed by atoms with E-state index in [1.807, 2.05) is 4.90 Å². The van der Waals surface area contributed by atoms with E-state index in [1.54, 1.807) is 14.2 Å². The number of fused-ring (bicyclic) bond motifs is 1. The van der Waals surface area contributed by atoms with Gasteiger partial charge in [0.1, 0.15) is 0 Å². The maximum atomic E-state index is 12.1. The van der Waals surface area contributed by atoms with Gasteiger partial charge in [-0.2, -0.15) is 0 Å². The zero-order chi connectivity index (χ0) is 14.7. The van der Waals surface area contributed by atoms with E-state index in [1.165, 1.54) is 16.7 Å². The average molecular weight is 302 g/mol. The SMILES string of the molecule is COCCN1C(SCCO)=NC2C1C(=O)NC(=O)N2C. The van der Waals surface area contributed by atoms with E-state index in [-0.39, 0.29) is 12.5 Å². The molecule has 8 nitrogen and oxygen atoms in total. The predicted molar refractivity (Wildman–Crippen MR) is 74.4 cm³/mol. The number of hydrogen-bond acceptors (Lipinski definition) is 7. The normalized spacial score (nSPS) is 25.6. The van der Waals surface area contributed by atoms with Gasteiger partial charge in [-0.25, -0.2) is 9.79 Å². The van der Waals surface area contributed by atoms with Crippen LogP contribution in [0.1, 0.15) is 0 Å². The van der Waals surface area contributed by atoms with Crippen LogP contribution in [0.15, 0.2) is 4.99 Å². The van der Waals surface area contributed by atoms with Gasteiger partial charge in [0.25, 0.3) is 5.91 Å². The van der Waals surface area contributed by atoms with E-state index in [9.17, 15) is 9.59 Å². The van der Waals surface area contributed by atoms with Crippen molar-refractivity contribution in [3.63, 3.8) is 0 Å². The van der Waals surface area contributed by atoms with Crippen molar-refractivity contribution >= 4 is 28.9 Å². The van der Waals surface area contributed by atoms with Gasteiger partial charge in [-0.1, -0.05) is 11.8 Å². The molecule has 9 heteroatoms. The monoisotopic (exact) mass is 302 g/mol. The summed E-state index contributed by atoms with van der Waals surface area (Å²) in [6.07, 6.45) is -0.519. The summed E-state index contributed by atoms with van der Waals surface area (Å²) >= 11 is 1.37. The van der Waals surface area contributed by atoms with Crippen molar-refractivity contribution in [2.75, 3.05) is 39.7 Å². The Labute approximate surface area is 121 Å². The fraction of sp³-hybridized carbons (Fsp3) is 0.727. The summed E-state index contributed by atoms with van der Waals surface area (Å²) in [6.45, 7) is 0.981. The Hall–Kier alpha value is -1.32. The maximum absolute atomic E-state index is 12.1. The van der Waals surface area contributed by atoms with Crippen molar-refractivity contribution in [1.29, 1.82) is 0 Å². The Morgan fingerprint density at radius 1 is 1.50 bits per heavy atom. The van der Waals surface area contributed by atoms with Gasteiger partial charge in [0.05, 0.1) is 13.2 Å². The Morgan fingerprint density at radius 2 is 2.25 bits per heavy atom. The number of urea groups is 1. The van der Waals surface area contributed by atoms with Crippen LogP contribution in [0.4, 0.5) is 4.79 Å². The Morgan fingerprint density at radius 3 is 2.90 bits per heavy atom. The summed E-state index contributed by atoms with van der Waals surface area (Å²) in [6, 6.07) is -0.978. The highest BCUT2D eigenvalue weighted by atomic mass is 32.2. The Balaban J connectivity index is 2.21. The molecule has 2 aliphatic heterocycles. The van der Waals surface area contributed by atoms with Crippen molar-refractivity contribution in [3.05, 3.63) is 0 Å². The third kappa shape index (κ3) is 2.74. The van der Waals surface area contributed by atoms with Gasteiger partial charge < -0.3 is 19.6 Å². The molecular weight excluding hydrogens is 284 g/mol. The molecule has 2 N–H and O–H groups in total. The van der Waals surface area contributed by atoms with Crippen molar-refractivity contribution in [1.82, 2.24) is 15.1 Å². The zero-order valence-corrected chi connectivity index (χ0v) is 12.2. The van der Waals surface area contributed by atoms with Gasteiger partial charge in [0.15, 0.2) is 17.4 Å². The van der Waals surface area contributed by atoms with Crippen LogP contribution in [-0.4, -0.2) is 83.9 Å². The largest absolute Gasteiger partial charge is 0.396 e. The first-order valence-electron chi connectivity index (χ1n) is 6.25. The molecule has 20 heavy (non-hydrogen) atoms. The molecule has 0 spiro atoms. The third-order valence-electron chi connectivity index (χ3n) is 3.18. The first-order valence-corrected chi connectivity index (χ1v) is 7.23. The van der Waals surface area contributed by atoms with Crippen LogP contribution in [0, 0.1) is 0 Å². The molecule has 2 atom stereocenters. The van der Waals surface area contributed by atoms with E-state index in [0.29, 0.717) is 24.1 Å². The highest BCUT2D eigenvalue weighted by molar-refractivity contribution is 8.13. The van der Waals surface area contributed by atoms with Crippen LogP contribution in [0.25, 0.3) is 0 Å². The zero-order valence-electron chi connectivity index (χ0n) is 11.4. The van der Waals surface area contributed by atoms with Gasteiger partial charge in [-0.05, 0) is 0 Å². The molecule has 0 radical (unpaired) electrons. The van der Waals surface area contributed by atoms with Crippen LogP contribution < -0.4 is 5.32 Å². The lowest BCUT2D eigenvalue weighted by Gasteiger charge is -2.36. The number of hydrogen-bond donors (Lipinski definition) is 2. The molecule has 0 bridgehead atoms. The second kappa shape index (κ2) is 6.42. The highest BCUT2D eigenvalue weighted by Gasteiger charge is 2.48. The molecule has 0 aliphatic carbocycles. The molecule has 0 aromatic heterocycles. The lowest BCUT2D eigenvalue weighted by atomic mass is 10.1. The number of carbonyl (C=O) groups is 2. The number of methoxy groups -OCH3 is 1. The minimum atomic E-state index is -0.533. The molecular formula is C11H18N4O4S. The molecule has 3 amide bonds. The summed E-state index contributed by atoms with van der Waals surface area (Å²) in [5.41, 5.74) is 0. The van der Waals surface area contributed by atoms with Crippen LogP contribution in [0.3, 0.4) is 0 Å². The van der Waals surface area contributed by atoms with Crippen molar-refractivity contribution in [3.8, 4) is 0 Å². The molecule has 2 aliphatic rings. The number of imide groups is 1. The number of ether oxygens (including phenoxy) is 1. The number of aliphatic hydroxyl groups excluding tert-OH is 1. The lowest BCUT2D eigenvalue weighted by Crippen LogP contribution is -2.63. The summed E-state index contributed by atoms with van der Waals surface area (Å²) in [4.78, 5) is 31.4. The molecule has 1 saturated heterocycles. The number of rotatable bonds is 5. The number of amides is 3. The van der Waals surface area contributed by atoms with Crippen molar-refractivity contribution in [2.24, 2.45) is 4.99 Å². The van der Waals surface area contributed by atoms with Crippen molar-refractivity contribution < 1.29 is 19.4 Å². The van der Waals surface area contributed by atoms with E-state index in [4.69, 9.17) is 9.84 Å². The van der Waals surface area contributed by atoms with Gasteiger partial charge in [-0.3, -0.25) is 10.1 Å². The molecule has 1 fully saturated rings. The average Bonchev–Trinajstić information content (AvgIpc) is 2.79. The van der Waals surface area contributed by atoms with E-state index < -0.39 is 18.2 Å². The summed E-state index contributed by atoms with van der Waals surface area (Å²) in [5, 5.41) is 11.9. The molecule has 0 aromatic carbocycles. The number of aliphatic imine (C=N–C) groups is 1. The second-order valence-electron chi connectivity index (χ2n) is 4.43. The fourth-order valence-corrected chi connectivity index (χ4v) is 3.01.